The van der Waals surface area contributed by atoms with Crippen LogP contribution in [0.1, 0.15) is 194 Å². The number of unbranched alkanes of at least 4 members (excludes halogenated alkanes) is 15. The maximum Gasteiger partial charge on any atom is 0.472 e. The summed E-state index contributed by atoms with van der Waals surface area (Å²) >= 11 is 0. The highest BCUT2D eigenvalue weighted by Crippen LogP contribution is 2.43. The largest absolute Gasteiger partial charge is 0.472 e. The molecule has 0 aromatic heterocycles. The molecule has 65 heavy (non-hydrogen) atoms. The maximum absolute atomic E-state index is 12.6. The number of phosphoric ester groups is 1. The summed E-state index contributed by atoms with van der Waals surface area (Å²) in [7, 11) is -4.40. The van der Waals surface area contributed by atoms with Crippen molar-refractivity contribution in [3.63, 3.8) is 0 Å². The van der Waals surface area contributed by atoms with Gasteiger partial charge in [-0.1, -0.05) is 213 Å². The minimum atomic E-state index is -4.40. The van der Waals surface area contributed by atoms with Gasteiger partial charge in [0.15, 0.2) is 6.10 Å². The van der Waals surface area contributed by atoms with Crippen LogP contribution in [-0.4, -0.2) is 49.3 Å². The van der Waals surface area contributed by atoms with E-state index in [9.17, 15) is 19.0 Å². The molecule has 0 radical (unpaired) electrons. The van der Waals surface area contributed by atoms with Crippen molar-refractivity contribution < 1.29 is 37.6 Å². The molecule has 0 amide bonds. The molecule has 2 atom stereocenters. The molecule has 0 aliphatic heterocycles. The van der Waals surface area contributed by atoms with Crippen molar-refractivity contribution in [3.05, 3.63) is 109 Å². The number of rotatable bonds is 46. The number of esters is 2. The molecular formula is C55H92NO8P. The average molecular weight is 926 g/mol. The molecule has 0 heterocycles. The standard InChI is InChI=1S/C55H92NO8P/c1-3-5-7-9-11-13-15-17-19-20-21-22-23-24-25-26-27-28-29-30-31-32-34-36-38-40-42-44-46-48-55(58)64-53(52-63-65(59,60)62-50-49-56)51-61-54(57)47-45-43-41-39-37-35-33-18-16-14-12-10-8-6-4-2/h5,7,11,13,17,19,21-22,24-25,27-28,30-31,34,36,40,42,53H,3-4,6,8-10,12,14-16,18,20,23,26,29,32-33,35,37-39,41,43-52,56H2,1-2H3,(H,59,60)/b7-5-,13-11-,19-17-,22-21-,25-24-,28-27-,31-30-,36-34-,42-40-. The van der Waals surface area contributed by atoms with Crippen molar-refractivity contribution >= 4 is 19.8 Å². The predicted octanol–water partition coefficient (Wildman–Crippen LogP) is 15.5. The smallest absolute Gasteiger partial charge is 0.462 e. The van der Waals surface area contributed by atoms with Crippen LogP contribution in [0.3, 0.4) is 0 Å². The van der Waals surface area contributed by atoms with Crippen molar-refractivity contribution in [1.82, 2.24) is 0 Å². The first-order valence-corrected chi connectivity index (χ1v) is 26.9. The van der Waals surface area contributed by atoms with E-state index in [1.54, 1.807) is 0 Å². The average Bonchev–Trinajstić information content (AvgIpc) is 3.30. The Labute approximate surface area is 397 Å². The molecule has 3 N–H and O–H groups in total. The van der Waals surface area contributed by atoms with Gasteiger partial charge in [-0.15, -0.1) is 0 Å². The zero-order chi connectivity index (χ0) is 47.4. The number of carbonyl (C=O) groups is 2. The molecule has 0 rings (SSSR count). The molecule has 0 bridgehead atoms. The number of ether oxygens (including phenoxy) is 2. The molecule has 2 unspecified atom stereocenters. The SMILES string of the molecule is CC/C=C\C/C=C\C/C=C\C/C=C\C/C=C\C/C=C\C/C=C\C/C=C\C/C=C\CCCC(=O)OC(COC(=O)CCCCCCCCCCCCCCCCC)COP(=O)(O)OCCN. The number of carbonyl (C=O) groups excluding carboxylic acids is 2. The second-order valence-electron chi connectivity index (χ2n) is 16.3. The third-order valence-electron chi connectivity index (χ3n) is 10.2. The normalized spacial score (nSPS) is 14.1. The van der Waals surface area contributed by atoms with Crippen LogP contribution in [0.2, 0.25) is 0 Å². The van der Waals surface area contributed by atoms with Gasteiger partial charge in [-0.3, -0.25) is 18.6 Å². The zero-order valence-electron chi connectivity index (χ0n) is 40.9. The number of phosphoric acid groups is 1. The van der Waals surface area contributed by atoms with E-state index in [-0.39, 0.29) is 32.6 Å². The molecule has 0 saturated heterocycles. The van der Waals surface area contributed by atoms with E-state index in [0.29, 0.717) is 12.8 Å². The second-order valence-corrected chi connectivity index (χ2v) is 17.8. The second kappa shape index (κ2) is 50.1. The molecule has 9 nitrogen and oxygen atoms in total. The third kappa shape index (κ3) is 49.9. The lowest BCUT2D eigenvalue weighted by Gasteiger charge is -2.19. The monoisotopic (exact) mass is 926 g/mol. The summed E-state index contributed by atoms with van der Waals surface area (Å²) in [5.74, 6) is -0.903. The maximum atomic E-state index is 12.6. The first-order valence-electron chi connectivity index (χ1n) is 25.4. The first-order chi connectivity index (χ1) is 31.8. The number of nitrogens with two attached hydrogens (primary N) is 1. The van der Waals surface area contributed by atoms with Crippen molar-refractivity contribution in [2.45, 2.75) is 200 Å². The van der Waals surface area contributed by atoms with Crippen molar-refractivity contribution in [2.24, 2.45) is 5.73 Å². The molecule has 0 saturated carbocycles. The Bertz CT molecular complexity index is 1430. The minimum Gasteiger partial charge on any atom is -0.462 e. The van der Waals surface area contributed by atoms with Gasteiger partial charge in [0.2, 0.25) is 0 Å². The van der Waals surface area contributed by atoms with Crippen molar-refractivity contribution in [1.29, 1.82) is 0 Å². The highest BCUT2D eigenvalue weighted by molar-refractivity contribution is 7.47. The Hall–Kier alpha value is -3.33. The van der Waals surface area contributed by atoms with Gasteiger partial charge in [-0.25, -0.2) is 4.57 Å². The van der Waals surface area contributed by atoms with Crippen molar-refractivity contribution in [2.75, 3.05) is 26.4 Å². The topological polar surface area (TPSA) is 134 Å². The lowest BCUT2D eigenvalue weighted by Crippen LogP contribution is -2.29. The highest BCUT2D eigenvalue weighted by atomic mass is 31.2. The van der Waals surface area contributed by atoms with E-state index >= 15 is 0 Å². The first kappa shape index (κ1) is 61.7. The number of hydrogen-bond donors (Lipinski definition) is 2. The third-order valence-corrected chi connectivity index (χ3v) is 11.2. The van der Waals surface area contributed by atoms with Crippen LogP contribution in [0.15, 0.2) is 109 Å². The minimum absolute atomic E-state index is 0.0393. The van der Waals surface area contributed by atoms with E-state index in [1.807, 2.05) is 6.08 Å². The van der Waals surface area contributed by atoms with Crippen LogP contribution >= 0.6 is 7.82 Å². The number of allylic oxidation sites excluding steroid dienone is 18. The Morgan fingerprint density at radius 2 is 0.846 bits per heavy atom. The molecule has 0 aliphatic carbocycles. The van der Waals surface area contributed by atoms with Crippen LogP contribution in [-0.2, 0) is 32.7 Å². The molecule has 0 aromatic carbocycles. The Balaban J connectivity index is 4.20. The summed E-state index contributed by atoms with van der Waals surface area (Å²) in [5, 5.41) is 0. The van der Waals surface area contributed by atoms with E-state index in [4.69, 9.17) is 24.3 Å². The van der Waals surface area contributed by atoms with Gasteiger partial charge in [0.25, 0.3) is 0 Å². The summed E-state index contributed by atoms with van der Waals surface area (Å²) in [6.07, 6.45) is 67.1. The van der Waals surface area contributed by atoms with Gasteiger partial charge in [0, 0.05) is 19.4 Å². The summed E-state index contributed by atoms with van der Waals surface area (Å²) in [6, 6.07) is 0. The lowest BCUT2D eigenvalue weighted by molar-refractivity contribution is -0.161. The van der Waals surface area contributed by atoms with E-state index in [2.05, 4.69) is 117 Å². The van der Waals surface area contributed by atoms with Crippen LogP contribution in [0, 0.1) is 0 Å². The fourth-order valence-electron chi connectivity index (χ4n) is 6.46. The lowest BCUT2D eigenvalue weighted by atomic mass is 10.0. The quantitative estimate of drug-likeness (QED) is 0.0265. The summed E-state index contributed by atoms with van der Waals surface area (Å²) in [4.78, 5) is 35.0. The fourth-order valence-corrected chi connectivity index (χ4v) is 7.22. The molecule has 0 aliphatic rings. The van der Waals surface area contributed by atoms with Gasteiger partial charge in [0.05, 0.1) is 13.2 Å². The van der Waals surface area contributed by atoms with Gasteiger partial charge in [-0.2, -0.15) is 0 Å². The molecule has 10 heteroatoms. The molecular weight excluding hydrogens is 834 g/mol. The molecule has 0 aromatic rings. The summed E-state index contributed by atoms with van der Waals surface area (Å²) < 4.78 is 32.8. The van der Waals surface area contributed by atoms with E-state index < -0.39 is 32.5 Å². The summed E-state index contributed by atoms with van der Waals surface area (Å²) in [6.45, 7) is 3.55. The van der Waals surface area contributed by atoms with Crippen LogP contribution in [0.25, 0.3) is 0 Å². The summed E-state index contributed by atoms with van der Waals surface area (Å²) in [5.41, 5.74) is 5.36. The van der Waals surface area contributed by atoms with Crippen LogP contribution in [0.4, 0.5) is 0 Å². The number of hydrogen-bond acceptors (Lipinski definition) is 8. The Kier molecular flexibility index (Phi) is 47.5. The van der Waals surface area contributed by atoms with Crippen LogP contribution < -0.4 is 5.73 Å². The van der Waals surface area contributed by atoms with Gasteiger partial charge in [0.1, 0.15) is 6.61 Å². The molecule has 0 fully saturated rings. The predicted molar refractivity (Wildman–Crippen MR) is 275 cm³/mol. The Morgan fingerprint density at radius 3 is 1.25 bits per heavy atom. The van der Waals surface area contributed by atoms with Crippen molar-refractivity contribution in [3.8, 4) is 0 Å². The Morgan fingerprint density at radius 1 is 0.477 bits per heavy atom. The molecule has 0 spiro atoms. The highest BCUT2D eigenvalue weighted by Gasteiger charge is 2.26. The van der Waals surface area contributed by atoms with E-state index in [0.717, 1.165) is 77.0 Å². The van der Waals surface area contributed by atoms with Gasteiger partial charge < -0.3 is 20.1 Å². The van der Waals surface area contributed by atoms with Gasteiger partial charge >= 0.3 is 19.8 Å². The zero-order valence-corrected chi connectivity index (χ0v) is 41.8. The molecule has 370 valence electrons. The van der Waals surface area contributed by atoms with Gasteiger partial charge in [-0.05, 0) is 77.0 Å². The van der Waals surface area contributed by atoms with E-state index in [1.165, 1.54) is 77.0 Å². The fraction of sp³-hybridized carbons (Fsp3) is 0.636. The van der Waals surface area contributed by atoms with Crippen LogP contribution in [0.5, 0.6) is 0 Å².